The smallest absolute Gasteiger partial charge is 0.171 e. The molecule has 13 atom stereocenters. The number of ether oxygens (including phenoxy) is 2. The zero-order valence-corrected chi connectivity index (χ0v) is 20.6. The van der Waals surface area contributed by atoms with E-state index in [1.54, 1.807) is 0 Å². The lowest BCUT2D eigenvalue weighted by molar-refractivity contribution is -0.274. The van der Waals surface area contributed by atoms with Gasteiger partial charge < -0.3 is 14.6 Å². The number of hydrogen-bond acceptors (Lipinski definition) is 3. The van der Waals surface area contributed by atoms with Crippen LogP contribution in [-0.4, -0.2) is 29.7 Å². The average Bonchev–Trinajstić information content (AvgIpc) is 3.18. The van der Waals surface area contributed by atoms with Gasteiger partial charge in [-0.05, 0) is 85.9 Å². The molecule has 31 heavy (non-hydrogen) atoms. The molecule has 2 heterocycles. The molecule has 1 N–H and O–H groups in total. The molecule has 6 aliphatic rings. The Bertz CT molecular complexity index is 713. The third-order valence-electron chi connectivity index (χ3n) is 12.3. The lowest BCUT2D eigenvalue weighted by atomic mass is 9.43. The van der Waals surface area contributed by atoms with Crippen molar-refractivity contribution in [2.45, 2.75) is 110 Å². The second kappa shape index (κ2) is 6.95. The monoisotopic (exact) mass is 430 g/mol. The summed E-state index contributed by atoms with van der Waals surface area (Å²) >= 11 is 0. The first-order valence-corrected chi connectivity index (χ1v) is 13.7. The summed E-state index contributed by atoms with van der Waals surface area (Å²) in [6.45, 7) is 13.0. The van der Waals surface area contributed by atoms with Gasteiger partial charge in [-0.25, -0.2) is 0 Å². The summed E-state index contributed by atoms with van der Waals surface area (Å²) in [4.78, 5) is 0. The molecule has 3 nitrogen and oxygen atoms in total. The molecular formula is C28H46O3. The van der Waals surface area contributed by atoms with Crippen LogP contribution in [0.4, 0.5) is 0 Å². The van der Waals surface area contributed by atoms with E-state index in [2.05, 4.69) is 34.6 Å². The number of rotatable bonds is 0. The van der Waals surface area contributed by atoms with Crippen molar-refractivity contribution < 1.29 is 14.6 Å². The molecule has 176 valence electrons. The van der Waals surface area contributed by atoms with Gasteiger partial charge in [0, 0.05) is 23.7 Å². The fourth-order valence-corrected chi connectivity index (χ4v) is 10.4. The molecule has 0 radical (unpaired) electrons. The van der Waals surface area contributed by atoms with Gasteiger partial charge >= 0.3 is 0 Å². The standard InChI is InChI=1S/C28H46O3/c1-16-8-10-26(4)19(12-16)6-7-20-21(26)14-24(29)27(5)22(20)13-23-25(27)18(3)28(31-23)11-9-17(2)15-30-28/h16-25,29H,6-15H2,1-5H3/t16?,17?,18-,19?,20?,21?,22?,23?,24?,25?,26-,27+,28?/m0/s1. The van der Waals surface area contributed by atoms with Crippen LogP contribution in [0.15, 0.2) is 0 Å². The molecular weight excluding hydrogens is 384 g/mol. The highest BCUT2D eigenvalue weighted by Crippen LogP contribution is 2.71. The van der Waals surface area contributed by atoms with Gasteiger partial charge in [-0.1, -0.05) is 41.0 Å². The van der Waals surface area contributed by atoms with Crippen molar-refractivity contribution in [1.82, 2.24) is 0 Å². The van der Waals surface area contributed by atoms with E-state index < -0.39 is 0 Å². The van der Waals surface area contributed by atoms with Gasteiger partial charge in [-0.15, -0.1) is 0 Å². The summed E-state index contributed by atoms with van der Waals surface area (Å²) in [5, 5.41) is 11.8. The maximum atomic E-state index is 11.8. The molecule has 0 bridgehead atoms. The highest BCUT2D eigenvalue weighted by atomic mass is 16.7. The number of fused-ring (bicyclic) bond motifs is 7. The van der Waals surface area contributed by atoms with E-state index in [1.807, 2.05) is 0 Å². The van der Waals surface area contributed by atoms with Crippen LogP contribution in [0.5, 0.6) is 0 Å². The number of aliphatic hydroxyl groups is 1. The van der Waals surface area contributed by atoms with Crippen molar-refractivity contribution in [2.75, 3.05) is 6.61 Å². The second-order valence-corrected chi connectivity index (χ2v) is 13.6. The minimum atomic E-state index is -0.379. The first kappa shape index (κ1) is 21.4. The fourth-order valence-electron chi connectivity index (χ4n) is 10.4. The predicted octanol–water partition coefficient (Wildman–Crippen LogP) is 6.04. The number of aliphatic hydroxyl groups excluding tert-OH is 1. The molecule has 6 fully saturated rings. The number of hydrogen-bond donors (Lipinski definition) is 1. The normalized spacial score (nSPS) is 63.3. The van der Waals surface area contributed by atoms with Crippen molar-refractivity contribution in [3.05, 3.63) is 0 Å². The van der Waals surface area contributed by atoms with Crippen molar-refractivity contribution in [3.8, 4) is 0 Å². The zero-order valence-electron chi connectivity index (χ0n) is 20.6. The summed E-state index contributed by atoms with van der Waals surface area (Å²) in [6, 6.07) is 0. The van der Waals surface area contributed by atoms with E-state index in [-0.39, 0.29) is 23.4 Å². The highest BCUT2D eigenvalue weighted by Gasteiger charge is 2.71. The van der Waals surface area contributed by atoms with Crippen LogP contribution < -0.4 is 0 Å². The van der Waals surface area contributed by atoms with Crippen LogP contribution in [0.25, 0.3) is 0 Å². The lowest BCUT2D eigenvalue weighted by Gasteiger charge is -2.62. The quantitative estimate of drug-likeness (QED) is 0.509. The van der Waals surface area contributed by atoms with Gasteiger partial charge in [0.15, 0.2) is 5.79 Å². The molecule has 0 aromatic carbocycles. The maximum Gasteiger partial charge on any atom is 0.171 e. The molecule has 0 amide bonds. The highest BCUT2D eigenvalue weighted by molar-refractivity contribution is 5.17. The molecule has 10 unspecified atom stereocenters. The summed E-state index contributed by atoms with van der Waals surface area (Å²) in [5.41, 5.74) is 0.443. The van der Waals surface area contributed by atoms with Crippen molar-refractivity contribution in [3.63, 3.8) is 0 Å². The summed E-state index contributed by atoms with van der Waals surface area (Å²) in [6.07, 6.45) is 11.5. The first-order chi connectivity index (χ1) is 14.7. The first-order valence-electron chi connectivity index (χ1n) is 13.7. The van der Waals surface area contributed by atoms with E-state index in [1.165, 1.54) is 38.5 Å². The average molecular weight is 431 g/mol. The Balaban J connectivity index is 1.29. The molecule has 2 saturated heterocycles. The molecule has 0 aromatic heterocycles. The molecule has 6 rings (SSSR count). The SMILES string of the molecule is CC1CCC2(OC1)OC1CC3C4CCC5CC(C)CC[C@]5(C)C4CC(O)[C@]3(C)C1[C@@H]2C. The molecule has 3 heteroatoms. The van der Waals surface area contributed by atoms with Crippen LogP contribution >= 0.6 is 0 Å². The predicted molar refractivity (Wildman–Crippen MR) is 122 cm³/mol. The largest absolute Gasteiger partial charge is 0.393 e. The van der Waals surface area contributed by atoms with Crippen molar-refractivity contribution in [2.24, 2.45) is 58.2 Å². The van der Waals surface area contributed by atoms with E-state index in [9.17, 15) is 5.11 Å². The second-order valence-electron chi connectivity index (χ2n) is 13.6. The van der Waals surface area contributed by atoms with E-state index in [4.69, 9.17) is 9.47 Å². The van der Waals surface area contributed by atoms with Crippen LogP contribution in [0, 0.1) is 58.2 Å². The zero-order chi connectivity index (χ0) is 21.8. The minimum Gasteiger partial charge on any atom is -0.393 e. The van der Waals surface area contributed by atoms with E-state index >= 15 is 0 Å². The Morgan fingerprint density at radius 1 is 0.839 bits per heavy atom. The van der Waals surface area contributed by atoms with Gasteiger partial charge in [0.1, 0.15) is 0 Å². The van der Waals surface area contributed by atoms with Crippen LogP contribution in [0.2, 0.25) is 0 Å². The molecule has 2 aliphatic heterocycles. The Morgan fingerprint density at radius 3 is 2.35 bits per heavy atom. The van der Waals surface area contributed by atoms with Gasteiger partial charge in [0.2, 0.25) is 0 Å². The van der Waals surface area contributed by atoms with E-state index in [0.29, 0.717) is 35.0 Å². The molecule has 4 saturated carbocycles. The third kappa shape index (κ3) is 2.75. The Morgan fingerprint density at radius 2 is 1.61 bits per heavy atom. The molecule has 4 aliphatic carbocycles. The van der Waals surface area contributed by atoms with Crippen molar-refractivity contribution >= 4 is 0 Å². The maximum absolute atomic E-state index is 11.8. The van der Waals surface area contributed by atoms with Gasteiger partial charge in [0.25, 0.3) is 0 Å². The topological polar surface area (TPSA) is 38.7 Å². The Kier molecular flexibility index (Phi) is 4.80. The Labute approximate surface area is 190 Å². The van der Waals surface area contributed by atoms with Gasteiger partial charge in [0.05, 0.1) is 18.8 Å². The molecule has 1 spiro atoms. The Hall–Kier alpha value is -0.120. The summed E-state index contributed by atoms with van der Waals surface area (Å²) in [7, 11) is 0. The summed E-state index contributed by atoms with van der Waals surface area (Å²) in [5.74, 6) is 4.97. The van der Waals surface area contributed by atoms with Crippen LogP contribution in [0.3, 0.4) is 0 Å². The molecule has 0 aromatic rings. The van der Waals surface area contributed by atoms with E-state index in [0.717, 1.165) is 43.6 Å². The fraction of sp³-hybridized carbons (Fsp3) is 1.00. The minimum absolute atomic E-state index is 0.00761. The van der Waals surface area contributed by atoms with Crippen LogP contribution in [-0.2, 0) is 9.47 Å². The third-order valence-corrected chi connectivity index (χ3v) is 12.3. The lowest BCUT2D eigenvalue weighted by Crippen LogP contribution is -2.59. The van der Waals surface area contributed by atoms with Gasteiger partial charge in [-0.3, -0.25) is 0 Å². The summed E-state index contributed by atoms with van der Waals surface area (Å²) < 4.78 is 13.3. The van der Waals surface area contributed by atoms with Gasteiger partial charge in [-0.2, -0.15) is 0 Å². The van der Waals surface area contributed by atoms with Crippen LogP contribution in [0.1, 0.15) is 92.4 Å². The van der Waals surface area contributed by atoms with Crippen molar-refractivity contribution in [1.29, 1.82) is 0 Å².